The standard InChI is InChI=1S/C14H22N2O2S/c1-3-7-14(8-9-14)10-16-19(17,18)13-11(2)5-4-6-12(13)15/h4-6,16H,3,7-10,15H2,1-2H3. The van der Waals surface area contributed by atoms with Gasteiger partial charge in [0.05, 0.1) is 5.69 Å². The molecule has 1 saturated carbocycles. The molecule has 0 unspecified atom stereocenters. The van der Waals surface area contributed by atoms with Gasteiger partial charge >= 0.3 is 0 Å². The normalized spacial score (nSPS) is 17.4. The smallest absolute Gasteiger partial charge is 0.242 e. The molecular weight excluding hydrogens is 260 g/mol. The second-order valence-corrected chi connectivity index (χ2v) is 7.27. The largest absolute Gasteiger partial charge is 0.398 e. The van der Waals surface area contributed by atoms with Gasteiger partial charge in [-0.1, -0.05) is 25.5 Å². The molecule has 2 rings (SSSR count). The third kappa shape index (κ3) is 3.09. The van der Waals surface area contributed by atoms with Crippen LogP contribution in [0.1, 0.15) is 38.2 Å². The van der Waals surface area contributed by atoms with E-state index in [1.165, 1.54) is 0 Å². The SMILES string of the molecule is CCCC1(CNS(=O)(=O)c2c(C)cccc2N)CC1. The second-order valence-electron chi connectivity index (χ2n) is 5.57. The summed E-state index contributed by atoms with van der Waals surface area (Å²) >= 11 is 0. The van der Waals surface area contributed by atoms with E-state index in [1.54, 1.807) is 25.1 Å². The van der Waals surface area contributed by atoms with Gasteiger partial charge in [0.2, 0.25) is 10.0 Å². The number of benzene rings is 1. The van der Waals surface area contributed by atoms with Crippen LogP contribution in [0.25, 0.3) is 0 Å². The van der Waals surface area contributed by atoms with E-state index in [0.717, 1.165) is 25.7 Å². The number of anilines is 1. The van der Waals surface area contributed by atoms with Gasteiger partial charge in [0.15, 0.2) is 0 Å². The zero-order valence-corrected chi connectivity index (χ0v) is 12.4. The van der Waals surface area contributed by atoms with Crippen LogP contribution < -0.4 is 10.5 Å². The number of hydrogen-bond acceptors (Lipinski definition) is 3. The highest BCUT2D eigenvalue weighted by Gasteiger charge is 2.42. The molecule has 5 heteroatoms. The number of rotatable bonds is 6. The van der Waals surface area contributed by atoms with E-state index in [0.29, 0.717) is 17.8 Å². The summed E-state index contributed by atoms with van der Waals surface area (Å²) in [5.41, 5.74) is 7.00. The lowest BCUT2D eigenvalue weighted by atomic mass is 10.0. The first-order valence-electron chi connectivity index (χ1n) is 6.75. The van der Waals surface area contributed by atoms with Crippen LogP contribution >= 0.6 is 0 Å². The predicted molar refractivity (Wildman–Crippen MR) is 77.4 cm³/mol. The van der Waals surface area contributed by atoms with Crippen molar-refractivity contribution in [1.82, 2.24) is 4.72 Å². The van der Waals surface area contributed by atoms with Crippen LogP contribution in [0, 0.1) is 12.3 Å². The number of sulfonamides is 1. The van der Waals surface area contributed by atoms with Gasteiger partial charge in [-0.05, 0) is 43.2 Å². The van der Waals surface area contributed by atoms with E-state index < -0.39 is 10.0 Å². The number of nitrogen functional groups attached to an aromatic ring is 1. The Bertz CT molecular complexity index is 543. The molecule has 4 nitrogen and oxygen atoms in total. The maximum atomic E-state index is 12.4. The first-order valence-corrected chi connectivity index (χ1v) is 8.23. The molecular formula is C14H22N2O2S. The molecule has 1 aromatic carbocycles. The molecule has 1 aromatic rings. The molecule has 0 atom stereocenters. The molecule has 0 aromatic heterocycles. The first-order chi connectivity index (χ1) is 8.90. The fraction of sp³-hybridized carbons (Fsp3) is 0.571. The van der Waals surface area contributed by atoms with Crippen molar-refractivity contribution in [2.75, 3.05) is 12.3 Å². The summed E-state index contributed by atoms with van der Waals surface area (Å²) in [6, 6.07) is 5.16. The average Bonchev–Trinajstić information content (AvgIpc) is 3.07. The van der Waals surface area contributed by atoms with Crippen LogP contribution in [-0.2, 0) is 10.0 Å². The Morgan fingerprint density at radius 3 is 2.58 bits per heavy atom. The van der Waals surface area contributed by atoms with Crippen molar-refractivity contribution in [1.29, 1.82) is 0 Å². The number of nitrogens with two attached hydrogens (primary N) is 1. The van der Waals surface area contributed by atoms with Gasteiger partial charge in [0.1, 0.15) is 4.90 Å². The Kier molecular flexibility index (Phi) is 3.87. The van der Waals surface area contributed by atoms with Gasteiger partial charge in [0, 0.05) is 6.54 Å². The van der Waals surface area contributed by atoms with Crippen molar-refractivity contribution in [3.8, 4) is 0 Å². The third-order valence-corrected chi connectivity index (χ3v) is 5.51. The molecule has 0 heterocycles. The summed E-state index contributed by atoms with van der Waals surface area (Å²) in [6.07, 6.45) is 4.41. The molecule has 106 valence electrons. The highest BCUT2D eigenvalue weighted by Crippen LogP contribution is 2.49. The summed E-state index contributed by atoms with van der Waals surface area (Å²) in [5.74, 6) is 0. The predicted octanol–water partition coefficient (Wildman–Crippen LogP) is 2.44. The molecule has 0 amide bonds. The number of aryl methyl sites for hydroxylation is 1. The summed E-state index contributed by atoms with van der Waals surface area (Å²) < 4.78 is 27.5. The Hall–Kier alpha value is -1.07. The lowest BCUT2D eigenvalue weighted by Crippen LogP contribution is -2.31. The summed E-state index contributed by atoms with van der Waals surface area (Å²) in [6.45, 7) is 4.43. The van der Waals surface area contributed by atoms with Crippen molar-refractivity contribution in [3.05, 3.63) is 23.8 Å². The molecule has 0 radical (unpaired) electrons. The Morgan fingerprint density at radius 2 is 2.05 bits per heavy atom. The zero-order valence-electron chi connectivity index (χ0n) is 11.6. The van der Waals surface area contributed by atoms with Crippen molar-refractivity contribution in [2.24, 2.45) is 5.41 Å². The molecule has 3 N–H and O–H groups in total. The van der Waals surface area contributed by atoms with Gasteiger partial charge in [-0.15, -0.1) is 0 Å². The lowest BCUT2D eigenvalue weighted by Gasteiger charge is -2.16. The van der Waals surface area contributed by atoms with Gasteiger partial charge < -0.3 is 5.73 Å². The highest BCUT2D eigenvalue weighted by atomic mass is 32.2. The van der Waals surface area contributed by atoms with E-state index in [2.05, 4.69) is 11.6 Å². The van der Waals surface area contributed by atoms with Crippen LogP contribution in [0.5, 0.6) is 0 Å². The van der Waals surface area contributed by atoms with Crippen LogP contribution in [0.2, 0.25) is 0 Å². The Balaban J connectivity index is 2.15. The van der Waals surface area contributed by atoms with Crippen molar-refractivity contribution in [2.45, 2.75) is 44.4 Å². The molecule has 0 saturated heterocycles. The molecule has 0 aliphatic heterocycles. The average molecular weight is 282 g/mol. The second kappa shape index (κ2) is 5.13. The van der Waals surface area contributed by atoms with Gasteiger partial charge in [-0.25, -0.2) is 13.1 Å². The van der Waals surface area contributed by atoms with Crippen molar-refractivity contribution >= 4 is 15.7 Å². The van der Waals surface area contributed by atoms with E-state index in [1.807, 2.05) is 0 Å². The maximum absolute atomic E-state index is 12.4. The third-order valence-electron chi connectivity index (χ3n) is 3.89. The Labute approximate surface area is 115 Å². The van der Waals surface area contributed by atoms with E-state index in [-0.39, 0.29) is 10.3 Å². The molecule has 0 spiro atoms. The van der Waals surface area contributed by atoms with E-state index in [4.69, 9.17) is 5.73 Å². The molecule has 0 bridgehead atoms. The molecule has 1 aliphatic carbocycles. The van der Waals surface area contributed by atoms with Crippen LogP contribution in [0.15, 0.2) is 23.1 Å². The quantitative estimate of drug-likeness (QED) is 0.787. The fourth-order valence-electron chi connectivity index (χ4n) is 2.58. The zero-order chi connectivity index (χ0) is 14.1. The van der Waals surface area contributed by atoms with E-state index in [9.17, 15) is 8.42 Å². The minimum absolute atomic E-state index is 0.194. The molecule has 1 fully saturated rings. The van der Waals surface area contributed by atoms with Crippen molar-refractivity contribution in [3.63, 3.8) is 0 Å². The van der Waals surface area contributed by atoms with Crippen LogP contribution in [0.3, 0.4) is 0 Å². The lowest BCUT2D eigenvalue weighted by molar-refractivity contribution is 0.449. The Morgan fingerprint density at radius 1 is 1.37 bits per heavy atom. The monoisotopic (exact) mass is 282 g/mol. The number of nitrogens with one attached hydrogen (secondary N) is 1. The summed E-state index contributed by atoms with van der Waals surface area (Å²) in [7, 11) is -3.51. The minimum Gasteiger partial charge on any atom is -0.398 e. The summed E-state index contributed by atoms with van der Waals surface area (Å²) in [4.78, 5) is 0.224. The van der Waals surface area contributed by atoms with Gasteiger partial charge in [0.25, 0.3) is 0 Å². The van der Waals surface area contributed by atoms with Crippen LogP contribution in [0.4, 0.5) is 5.69 Å². The topological polar surface area (TPSA) is 72.2 Å². The first kappa shape index (κ1) is 14.3. The fourth-order valence-corrected chi connectivity index (χ4v) is 4.10. The summed E-state index contributed by atoms with van der Waals surface area (Å²) in [5, 5.41) is 0. The van der Waals surface area contributed by atoms with Crippen molar-refractivity contribution < 1.29 is 8.42 Å². The van der Waals surface area contributed by atoms with Crippen LogP contribution in [-0.4, -0.2) is 15.0 Å². The van der Waals surface area contributed by atoms with Gasteiger partial charge in [-0.3, -0.25) is 0 Å². The van der Waals surface area contributed by atoms with E-state index >= 15 is 0 Å². The number of hydrogen-bond donors (Lipinski definition) is 2. The van der Waals surface area contributed by atoms with Gasteiger partial charge in [-0.2, -0.15) is 0 Å². The molecule has 1 aliphatic rings. The minimum atomic E-state index is -3.51. The maximum Gasteiger partial charge on any atom is 0.242 e. The highest BCUT2D eigenvalue weighted by molar-refractivity contribution is 7.89. The molecule has 19 heavy (non-hydrogen) atoms.